The van der Waals surface area contributed by atoms with E-state index >= 15 is 0 Å². The fourth-order valence-electron chi connectivity index (χ4n) is 2.65. The van der Waals surface area contributed by atoms with E-state index in [0.717, 1.165) is 18.5 Å². The molecule has 4 nitrogen and oxygen atoms in total. The summed E-state index contributed by atoms with van der Waals surface area (Å²) in [6, 6.07) is 9.74. The van der Waals surface area contributed by atoms with Crippen LogP contribution >= 0.6 is 0 Å². The number of anilines is 1. The Morgan fingerprint density at radius 2 is 2.25 bits per heavy atom. The number of aromatic hydroxyl groups is 1. The molecule has 1 aromatic carbocycles. The van der Waals surface area contributed by atoms with Crippen molar-refractivity contribution in [1.82, 2.24) is 4.98 Å². The lowest BCUT2D eigenvalue weighted by atomic mass is 10.1. The molecule has 2 aromatic rings. The second kappa shape index (κ2) is 5.41. The van der Waals surface area contributed by atoms with Crippen LogP contribution in [-0.4, -0.2) is 16.7 Å². The molecule has 1 heterocycles. The van der Waals surface area contributed by atoms with Crippen LogP contribution in [0, 0.1) is 0 Å². The van der Waals surface area contributed by atoms with E-state index in [1.54, 1.807) is 12.3 Å². The van der Waals surface area contributed by atoms with Crippen molar-refractivity contribution in [3.8, 4) is 11.6 Å². The van der Waals surface area contributed by atoms with E-state index in [1.165, 1.54) is 11.1 Å². The van der Waals surface area contributed by atoms with Crippen molar-refractivity contribution in [3.63, 3.8) is 0 Å². The largest absolute Gasteiger partial charge is 0.508 e. The fourth-order valence-corrected chi connectivity index (χ4v) is 2.65. The van der Waals surface area contributed by atoms with Crippen LogP contribution in [-0.2, 0) is 6.42 Å². The molecule has 3 rings (SSSR count). The van der Waals surface area contributed by atoms with Crippen LogP contribution in [0.3, 0.4) is 0 Å². The molecule has 0 spiro atoms. The maximum Gasteiger partial charge on any atom is 0.213 e. The molecular weight excluding hydrogens is 252 g/mol. The van der Waals surface area contributed by atoms with E-state index in [2.05, 4.69) is 10.3 Å². The molecule has 2 N–H and O–H groups in total. The second-order valence-corrected chi connectivity index (χ2v) is 4.94. The number of hydrogen-bond donors (Lipinski definition) is 2. The monoisotopic (exact) mass is 270 g/mol. The van der Waals surface area contributed by atoms with E-state index in [9.17, 15) is 5.11 Å². The van der Waals surface area contributed by atoms with Crippen LogP contribution in [0.25, 0.3) is 0 Å². The third-order valence-corrected chi connectivity index (χ3v) is 3.57. The zero-order chi connectivity index (χ0) is 13.9. The molecule has 0 aliphatic heterocycles. The molecule has 20 heavy (non-hydrogen) atoms. The highest BCUT2D eigenvalue weighted by Crippen LogP contribution is 2.35. The normalized spacial score (nSPS) is 16.8. The fraction of sp³-hybridized carbons (Fsp3) is 0.312. The van der Waals surface area contributed by atoms with Gasteiger partial charge < -0.3 is 15.2 Å². The molecule has 0 saturated heterocycles. The first-order valence-corrected chi connectivity index (χ1v) is 6.93. The number of benzene rings is 1. The topological polar surface area (TPSA) is 54.4 Å². The zero-order valence-electron chi connectivity index (χ0n) is 11.5. The van der Waals surface area contributed by atoms with E-state index in [-0.39, 0.29) is 6.04 Å². The van der Waals surface area contributed by atoms with Gasteiger partial charge in [0.1, 0.15) is 5.75 Å². The Hall–Kier alpha value is -2.23. The highest BCUT2D eigenvalue weighted by molar-refractivity contribution is 5.49. The number of rotatable bonds is 4. The lowest BCUT2D eigenvalue weighted by molar-refractivity contribution is 0.327. The lowest BCUT2D eigenvalue weighted by Gasteiger charge is -2.15. The standard InChI is InChI=1S/C16H18N2O2/c1-2-20-16-8-4-12(10-17-16)18-15-7-3-11-9-13(19)5-6-14(11)15/h4-6,8-10,15,18-19H,2-3,7H2,1H3. The highest BCUT2D eigenvalue weighted by atomic mass is 16.5. The minimum atomic E-state index is 0.283. The van der Waals surface area contributed by atoms with Gasteiger partial charge in [0.05, 0.1) is 24.5 Å². The van der Waals surface area contributed by atoms with Gasteiger partial charge in [-0.2, -0.15) is 0 Å². The Labute approximate surface area is 118 Å². The first kappa shape index (κ1) is 12.8. The Kier molecular flexibility index (Phi) is 3.46. The molecule has 0 radical (unpaired) electrons. The van der Waals surface area contributed by atoms with Crippen molar-refractivity contribution in [1.29, 1.82) is 0 Å². The van der Waals surface area contributed by atoms with Crippen LogP contribution < -0.4 is 10.1 Å². The van der Waals surface area contributed by atoms with Crippen molar-refractivity contribution in [2.75, 3.05) is 11.9 Å². The molecule has 1 atom stereocenters. The predicted molar refractivity (Wildman–Crippen MR) is 78.2 cm³/mol. The minimum absolute atomic E-state index is 0.283. The van der Waals surface area contributed by atoms with Crippen molar-refractivity contribution >= 4 is 5.69 Å². The number of nitrogens with one attached hydrogen (secondary N) is 1. The van der Waals surface area contributed by atoms with Gasteiger partial charge in [0.15, 0.2) is 0 Å². The predicted octanol–water partition coefficient (Wildman–Crippen LogP) is 3.29. The summed E-state index contributed by atoms with van der Waals surface area (Å²) in [5.41, 5.74) is 3.47. The molecule has 0 bridgehead atoms. The molecular formula is C16H18N2O2. The molecule has 0 fully saturated rings. The Balaban J connectivity index is 1.73. The SMILES string of the molecule is CCOc1ccc(NC2CCc3cc(O)ccc32)cn1. The van der Waals surface area contributed by atoms with Gasteiger partial charge in [-0.1, -0.05) is 6.07 Å². The minimum Gasteiger partial charge on any atom is -0.508 e. The van der Waals surface area contributed by atoms with Crippen LogP contribution in [0.1, 0.15) is 30.5 Å². The zero-order valence-corrected chi connectivity index (χ0v) is 11.5. The van der Waals surface area contributed by atoms with E-state index in [1.807, 2.05) is 31.2 Å². The number of aromatic nitrogens is 1. The Morgan fingerprint density at radius 3 is 3.00 bits per heavy atom. The second-order valence-electron chi connectivity index (χ2n) is 4.94. The van der Waals surface area contributed by atoms with Crippen LogP contribution in [0.5, 0.6) is 11.6 Å². The van der Waals surface area contributed by atoms with Gasteiger partial charge in [0.2, 0.25) is 5.88 Å². The molecule has 0 saturated carbocycles. The van der Waals surface area contributed by atoms with Crippen molar-refractivity contribution in [3.05, 3.63) is 47.7 Å². The number of pyridine rings is 1. The number of hydrogen-bond acceptors (Lipinski definition) is 4. The third-order valence-electron chi connectivity index (χ3n) is 3.57. The average molecular weight is 270 g/mol. The number of phenols is 1. The molecule has 1 aliphatic carbocycles. The van der Waals surface area contributed by atoms with Gasteiger partial charge in [-0.05, 0) is 49.1 Å². The van der Waals surface area contributed by atoms with Crippen molar-refractivity contribution < 1.29 is 9.84 Å². The van der Waals surface area contributed by atoms with Gasteiger partial charge in [0.25, 0.3) is 0 Å². The molecule has 104 valence electrons. The summed E-state index contributed by atoms with van der Waals surface area (Å²) < 4.78 is 5.33. The van der Waals surface area contributed by atoms with Crippen molar-refractivity contribution in [2.24, 2.45) is 0 Å². The summed E-state index contributed by atoms with van der Waals surface area (Å²) in [5, 5.41) is 13.0. The molecule has 4 heteroatoms. The van der Waals surface area contributed by atoms with Crippen LogP contribution in [0.4, 0.5) is 5.69 Å². The van der Waals surface area contributed by atoms with Gasteiger partial charge in [0, 0.05) is 6.07 Å². The van der Waals surface area contributed by atoms with Crippen LogP contribution in [0.15, 0.2) is 36.5 Å². The number of phenolic OH excluding ortho intramolecular Hbond substituents is 1. The maximum absolute atomic E-state index is 9.51. The summed E-state index contributed by atoms with van der Waals surface area (Å²) in [6.45, 7) is 2.57. The summed E-state index contributed by atoms with van der Waals surface area (Å²) in [4.78, 5) is 4.26. The Bertz CT molecular complexity index is 596. The number of fused-ring (bicyclic) bond motifs is 1. The van der Waals surface area contributed by atoms with Gasteiger partial charge in [-0.15, -0.1) is 0 Å². The molecule has 0 amide bonds. The van der Waals surface area contributed by atoms with E-state index in [4.69, 9.17) is 4.74 Å². The summed E-state index contributed by atoms with van der Waals surface area (Å²) in [6.07, 6.45) is 3.82. The van der Waals surface area contributed by atoms with E-state index < -0.39 is 0 Å². The first-order valence-electron chi connectivity index (χ1n) is 6.93. The van der Waals surface area contributed by atoms with Crippen molar-refractivity contribution in [2.45, 2.75) is 25.8 Å². The third kappa shape index (κ3) is 2.54. The highest BCUT2D eigenvalue weighted by Gasteiger charge is 2.22. The van der Waals surface area contributed by atoms with Gasteiger partial charge in [-0.25, -0.2) is 4.98 Å². The van der Waals surface area contributed by atoms with Crippen LogP contribution in [0.2, 0.25) is 0 Å². The van der Waals surface area contributed by atoms with Gasteiger partial charge >= 0.3 is 0 Å². The Morgan fingerprint density at radius 1 is 1.35 bits per heavy atom. The summed E-state index contributed by atoms with van der Waals surface area (Å²) in [7, 11) is 0. The van der Waals surface area contributed by atoms with Gasteiger partial charge in [-0.3, -0.25) is 0 Å². The number of nitrogens with zero attached hydrogens (tertiary/aromatic N) is 1. The number of ether oxygens (including phenoxy) is 1. The summed E-state index contributed by atoms with van der Waals surface area (Å²) >= 11 is 0. The average Bonchev–Trinajstić information content (AvgIpc) is 2.83. The maximum atomic E-state index is 9.51. The molecule has 1 aliphatic rings. The lowest BCUT2D eigenvalue weighted by Crippen LogP contribution is -2.07. The quantitative estimate of drug-likeness (QED) is 0.895. The first-order chi connectivity index (χ1) is 9.76. The number of aryl methyl sites for hydroxylation is 1. The molecule has 1 aromatic heterocycles. The molecule has 1 unspecified atom stereocenters. The van der Waals surface area contributed by atoms with E-state index in [0.29, 0.717) is 18.2 Å². The summed E-state index contributed by atoms with van der Waals surface area (Å²) in [5.74, 6) is 0.988. The smallest absolute Gasteiger partial charge is 0.213 e.